The molecule has 0 unspecified atom stereocenters. The van der Waals surface area contributed by atoms with Crippen LogP contribution in [0.15, 0.2) is 77.7 Å². The van der Waals surface area contributed by atoms with Gasteiger partial charge in [-0.15, -0.1) is 0 Å². The van der Waals surface area contributed by atoms with Crippen molar-refractivity contribution in [2.24, 2.45) is 0 Å². The summed E-state index contributed by atoms with van der Waals surface area (Å²) < 4.78 is 2.33. The maximum Gasteiger partial charge on any atom is 0.0608 e. The minimum Gasteiger partial charge on any atom is -0.279 e. The number of nitrogens with zero attached hydrogens (tertiary/aromatic N) is 1. The van der Waals surface area contributed by atoms with Crippen molar-refractivity contribution in [2.45, 2.75) is 11.8 Å². The average Bonchev–Trinajstić information content (AvgIpc) is 2.85. The highest BCUT2D eigenvalue weighted by atomic mass is 32.2. The van der Waals surface area contributed by atoms with Gasteiger partial charge < -0.3 is 0 Å². The molecule has 1 heterocycles. The third kappa shape index (κ3) is 2.12. The normalized spacial score (nSPS) is 11.3. The lowest BCUT2D eigenvalue weighted by molar-refractivity contribution is 1.34. The number of benzene rings is 3. The third-order valence-corrected chi connectivity index (χ3v) is 4.81. The van der Waals surface area contributed by atoms with Gasteiger partial charge in [0.05, 0.1) is 11.0 Å². The van der Waals surface area contributed by atoms with Crippen molar-refractivity contribution >= 4 is 33.8 Å². The fourth-order valence-corrected chi connectivity index (χ4v) is 3.67. The molecule has 4 aromatic rings. The Morgan fingerprint density at radius 3 is 1.76 bits per heavy atom. The summed E-state index contributed by atoms with van der Waals surface area (Å²) in [5.41, 5.74) is 3.83. The van der Waals surface area contributed by atoms with E-state index in [0.29, 0.717) is 0 Å². The van der Waals surface area contributed by atoms with Crippen LogP contribution < -0.4 is 0 Å². The van der Waals surface area contributed by atoms with Gasteiger partial charge in [0.25, 0.3) is 0 Å². The fraction of sp³-hybridized carbons (Fsp3) is 0.0526. The van der Waals surface area contributed by atoms with Crippen LogP contribution in [0.4, 0.5) is 0 Å². The summed E-state index contributed by atoms with van der Waals surface area (Å²) in [4.78, 5) is 1.26. The van der Waals surface area contributed by atoms with E-state index in [1.807, 2.05) is 0 Å². The lowest BCUT2D eigenvalue weighted by Crippen LogP contribution is -1.86. The molecule has 0 aliphatic rings. The standard InChI is InChI=1S/C19H15NS/c1-14-10-12-15(13-11-14)21-20-18-8-4-2-6-16(18)17-7-3-5-9-19(17)20/h2-13H,1H3. The van der Waals surface area contributed by atoms with E-state index >= 15 is 0 Å². The number of hydrogen-bond acceptors (Lipinski definition) is 1. The van der Waals surface area contributed by atoms with Crippen molar-refractivity contribution in [1.29, 1.82) is 0 Å². The molecule has 0 fully saturated rings. The highest BCUT2D eigenvalue weighted by molar-refractivity contribution is 7.98. The largest absolute Gasteiger partial charge is 0.279 e. The first-order chi connectivity index (χ1) is 10.3. The van der Waals surface area contributed by atoms with E-state index in [9.17, 15) is 0 Å². The predicted molar refractivity (Wildman–Crippen MR) is 91.9 cm³/mol. The molecule has 0 atom stereocenters. The lowest BCUT2D eigenvalue weighted by Gasteiger charge is -2.06. The molecule has 102 valence electrons. The molecule has 3 aromatic carbocycles. The predicted octanol–water partition coefficient (Wildman–Crippen LogP) is 5.66. The van der Waals surface area contributed by atoms with E-state index < -0.39 is 0 Å². The molecule has 0 radical (unpaired) electrons. The highest BCUT2D eigenvalue weighted by Crippen LogP contribution is 2.34. The van der Waals surface area contributed by atoms with Crippen LogP contribution in [0, 0.1) is 6.92 Å². The molecule has 4 rings (SSSR count). The minimum absolute atomic E-state index is 1.26. The summed E-state index contributed by atoms with van der Waals surface area (Å²) in [6.45, 7) is 2.12. The minimum atomic E-state index is 1.26. The first kappa shape index (κ1) is 12.5. The number of aromatic nitrogens is 1. The van der Waals surface area contributed by atoms with Gasteiger partial charge in [0, 0.05) is 15.7 Å². The first-order valence-electron chi connectivity index (χ1n) is 7.06. The van der Waals surface area contributed by atoms with Gasteiger partial charge in [-0.2, -0.15) is 0 Å². The van der Waals surface area contributed by atoms with Gasteiger partial charge in [-0.1, -0.05) is 54.1 Å². The van der Waals surface area contributed by atoms with Crippen LogP contribution in [0.5, 0.6) is 0 Å². The molecular weight excluding hydrogens is 274 g/mol. The number of hydrogen-bond donors (Lipinski definition) is 0. The second kappa shape index (κ2) is 4.97. The van der Waals surface area contributed by atoms with Crippen LogP contribution in [-0.2, 0) is 0 Å². The molecule has 0 saturated heterocycles. The van der Waals surface area contributed by atoms with E-state index in [2.05, 4.69) is 83.7 Å². The van der Waals surface area contributed by atoms with Crippen LogP contribution in [0.25, 0.3) is 21.8 Å². The summed E-state index contributed by atoms with van der Waals surface area (Å²) in [7, 11) is 0. The Kier molecular flexibility index (Phi) is 2.97. The number of fused-ring (bicyclic) bond motifs is 3. The molecule has 21 heavy (non-hydrogen) atoms. The van der Waals surface area contributed by atoms with Gasteiger partial charge in [0.15, 0.2) is 0 Å². The molecule has 0 aliphatic carbocycles. The molecule has 1 nitrogen and oxygen atoms in total. The zero-order valence-electron chi connectivity index (χ0n) is 11.8. The Labute approximate surface area is 128 Å². The van der Waals surface area contributed by atoms with Gasteiger partial charge in [-0.25, -0.2) is 0 Å². The Morgan fingerprint density at radius 1 is 0.667 bits per heavy atom. The summed E-state index contributed by atoms with van der Waals surface area (Å²) in [5, 5.41) is 2.63. The van der Waals surface area contributed by atoms with Crippen molar-refractivity contribution in [1.82, 2.24) is 3.97 Å². The molecular formula is C19H15NS. The Bertz CT molecular complexity index is 866. The van der Waals surface area contributed by atoms with Gasteiger partial charge in [0.1, 0.15) is 0 Å². The van der Waals surface area contributed by atoms with Crippen LogP contribution in [-0.4, -0.2) is 3.97 Å². The van der Waals surface area contributed by atoms with Crippen molar-refractivity contribution < 1.29 is 0 Å². The Hall–Kier alpha value is -2.19. The third-order valence-electron chi connectivity index (χ3n) is 3.75. The van der Waals surface area contributed by atoms with Gasteiger partial charge in [-0.3, -0.25) is 3.97 Å². The quantitative estimate of drug-likeness (QED) is 0.461. The Balaban J connectivity index is 1.95. The zero-order chi connectivity index (χ0) is 14.2. The second-order valence-corrected chi connectivity index (χ2v) is 6.25. The van der Waals surface area contributed by atoms with E-state index in [1.54, 1.807) is 11.9 Å². The summed E-state index contributed by atoms with van der Waals surface area (Å²) in [6.07, 6.45) is 0. The molecule has 2 heteroatoms. The van der Waals surface area contributed by atoms with E-state index in [-0.39, 0.29) is 0 Å². The molecule has 0 aliphatic heterocycles. The van der Waals surface area contributed by atoms with E-state index in [0.717, 1.165) is 0 Å². The van der Waals surface area contributed by atoms with Crippen molar-refractivity contribution in [3.05, 3.63) is 78.4 Å². The summed E-state index contributed by atoms with van der Waals surface area (Å²) in [5.74, 6) is 0. The molecule has 0 spiro atoms. The first-order valence-corrected chi connectivity index (χ1v) is 7.83. The smallest absolute Gasteiger partial charge is 0.0608 e. The van der Waals surface area contributed by atoms with Gasteiger partial charge in [0.2, 0.25) is 0 Å². The van der Waals surface area contributed by atoms with Gasteiger partial charge >= 0.3 is 0 Å². The Morgan fingerprint density at radius 2 is 1.19 bits per heavy atom. The highest BCUT2D eigenvalue weighted by Gasteiger charge is 2.10. The van der Waals surface area contributed by atoms with E-state index in [4.69, 9.17) is 0 Å². The van der Waals surface area contributed by atoms with Crippen molar-refractivity contribution in [3.63, 3.8) is 0 Å². The van der Waals surface area contributed by atoms with Crippen LogP contribution >= 0.6 is 11.9 Å². The van der Waals surface area contributed by atoms with Crippen molar-refractivity contribution in [3.8, 4) is 0 Å². The number of para-hydroxylation sites is 2. The number of rotatable bonds is 2. The fourth-order valence-electron chi connectivity index (χ4n) is 2.69. The number of aryl methyl sites for hydroxylation is 1. The zero-order valence-corrected chi connectivity index (χ0v) is 12.6. The molecule has 1 aromatic heterocycles. The molecule has 0 saturated carbocycles. The molecule has 0 N–H and O–H groups in total. The second-order valence-electron chi connectivity index (χ2n) is 5.23. The molecule has 0 bridgehead atoms. The van der Waals surface area contributed by atoms with Crippen molar-refractivity contribution in [2.75, 3.05) is 0 Å². The maximum atomic E-state index is 2.33. The summed E-state index contributed by atoms with van der Waals surface area (Å²) in [6, 6.07) is 25.9. The SMILES string of the molecule is Cc1ccc(Sn2c3ccccc3c3ccccc32)cc1. The average molecular weight is 289 g/mol. The topological polar surface area (TPSA) is 4.93 Å². The van der Waals surface area contributed by atoms with Gasteiger partial charge in [-0.05, 0) is 43.1 Å². The lowest BCUT2D eigenvalue weighted by atomic mass is 10.2. The van der Waals surface area contributed by atoms with Crippen LogP contribution in [0.1, 0.15) is 5.56 Å². The maximum absolute atomic E-state index is 2.33. The van der Waals surface area contributed by atoms with Crippen LogP contribution in [0.3, 0.4) is 0 Å². The van der Waals surface area contributed by atoms with E-state index in [1.165, 1.54) is 32.3 Å². The molecule has 0 amide bonds. The summed E-state index contributed by atoms with van der Waals surface area (Å²) >= 11 is 1.78. The van der Waals surface area contributed by atoms with Crippen LogP contribution in [0.2, 0.25) is 0 Å². The monoisotopic (exact) mass is 289 g/mol.